The fourth-order valence-corrected chi connectivity index (χ4v) is 3.62. The number of hydrogen-bond acceptors (Lipinski definition) is 3. The molecule has 0 aliphatic carbocycles. The molecule has 6 heteroatoms. The normalized spacial score (nSPS) is 20.1. The second-order valence-corrected chi connectivity index (χ2v) is 7.51. The predicted octanol–water partition coefficient (Wildman–Crippen LogP) is 3.25. The van der Waals surface area contributed by atoms with Crippen molar-refractivity contribution in [3.8, 4) is 0 Å². The number of aliphatic carboxylic acids is 1. The van der Waals surface area contributed by atoms with Crippen molar-refractivity contribution in [2.24, 2.45) is 5.92 Å². The highest BCUT2D eigenvalue weighted by Gasteiger charge is 2.30. The zero-order valence-corrected chi connectivity index (χ0v) is 14.2. The first-order valence-corrected chi connectivity index (χ1v) is 8.58. The van der Waals surface area contributed by atoms with Gasteiger partial charge in [0.1, 0.15) is 0 Å². The Kier molecular flexibility index (Phi) is 5.70. The van der Waals surface area contributed by atoms with Crippen molar-refractivity contribution in [2.75, 3.05) is 13.1 Å². The van der Waals surface area contributed by atoms with Crippen molar-refractivity contribution in [2.45, 2.75) is 29.9 Å². The van der Waals surface area contributed by atoms with Gasteiger partial charge < -0.3 is 10.0 Å². The highest BCUT2D eigenvalue weighted by molar-refractivity contribution is 9.10. The lowest BCUT2D eigenvalue weighted by atomic mass is 9.98. The lowest BCUT2D eigenvalue weighted by Crippen LogP contribution is -2.45. The van der Waals surface area contributed by atoms with Gasteiger partial charge >= 0.3 is 5.97 Å². The second-order valence-electron chi connectivity index (χ2n) is 5.18. The van der Waals surface area contributed by atoms with Crippen LogP contribution in [0.1, 0.15) is 19.8 Å². The number of carboxylic acids is 1. The molecule has 1 saturated heterocycles. The average Bonchev–Trinajstić information content (AvgIpc) is 2.49. The quantitative estimate of drug-likeness (QED) is 0.825. The summed E-state index contributed by atoms with van der Waals surface area (Å²) >= 11 is 4.89. The van der Waals surface area contributed by atoms with Crippen molar-refractivity contribution in [1.29, 1.82) is 0 Å². The van der Waals surface area contributed by atoms with Gasteiger partial charge in [0.2, 0.25) is 5.91 Å². The minimum absolute atomic E-state index is 0.0221. The summed E-state index contributed by atoms with van der Waals surface area (Å²) in [7, 11) is 0. The first-order valence-electron chi connectivity index (χ1n) is 6.91. The van der Waals surface area contributed by atoms with Gasteiger partial charge in [-0.05, 0) is 44.0 Å². The van der Waals surface area contributed by atoms with Gasteiger partial charge in [0.15, 0.2) is 0 Å². The molecule has 0 bridgehead atoms. The Bertz CT molecular complexity index is 520. The summed E-state index contributed by atoms with van der Waals surface area (Å²) < 4.78 is 1.01. The third kappa shape index (κ3) is 4.48. The molecule has 2 rings (SSSR count). The molecular formula is C15H18BrNO3S. The molecule has 1 aromatic rings. The van der Waals surface area contributed by atoms with Crippen molar-refractivity contribution >= 4 is 39.6 Å². The maximum Gasteiger partial charge on any atom is 0.308 e. The van der Waals surface area contributed by atoms with Crippen LogP contribution >= 0.6 is 27.7 Å². The number of thioether (sulfide) groups is 1. The number of nitrogens with zero attached hydrogens (tertiary/aromatic N) is 1. The topological polar surface area (TPSA) is 57.6 Å². The SMILES string of the molecule is CC(Sc1ccc(Br)cc1)C(=O)N1CCC[C@H](C(=O)O)C1. The number of benzene rings is 1. The molecule has 114 valence electrons. The molecule has 0 radical (unpaired) electrons. The fourth-order valence-electron chi connectivity index (χ4n) is 2.40. The number of likely N-dealkylation sites (tertiary alicyclic amines) is 1. The lowest BCUT2D eigenvalue weighted by molar-refractivity contribution is -0.145. The van der Waals surface area contributed by atoms with Crippen molar-refractivity contribution in [3.05, 3.63) is 28.7 Å². The average molecular weight is 372 g/mol. The van der Waals surface area contributed by atoms with Gasteiger partial charge in [-0.3, -0.25) is 9.59 Å². The molecule has 21 heavy (non-hydrogen) atoms. The van der Waals surface area contributed by atoms with E-state index < -0.39 is 11.9 Å². The van der Waals surface area contributed by atoms with Crippen LogP contribution in [-0.2, 0) is 9.59 Å². The van der Waals surface area contributed by atoms with Crippen LogP contribution in [0.25, 0.3) is 0 Å². The van der Waals surface area contributed by atoms with Crippen LogP contribution in [0.15, 0.2) is 33.6 Å². The van der Waals surface area contributed by atoms with Gasteiger partial charge in [0.05, 0.1) is 11.2 Å². The monoisotopic (exact) mass is 371 g/mol. The Labute approximate surface area is 137 Å². The highest BCUT2D eigenvalue weighted by atomic mass is 79.9. The zero-order valence-electron chi connectivity index (χ0n) is 11.8. The van der Waals surface area contributed by atoms with Crippen molar-refractivity contribution < 1.29 is 14.7 Å². The summed E-state index contributed by atoms with van der Waals surface area (Å²) in [5.74, 6) is -1.21. The minimum atomic E-state index is -0.805. The summed E-state index contributed by atoms with van der Waals surface area (Å²) in [6.07, 6.45) is 1.42. The number of carbonyl (C=O) groups is 2. The van der Waals surface area contributed by atoms with E-state index in [1.807, 2.05) is 31.2 Å². The van der Waals surface area contributed by atoms with Gasteiger partial charge in [-0.2, -0.15) is 0 Å². The van der Waals surface area contributed by atoms with Gasteiger partial charge in [0, 0.05) is 22.5 Å². The number of piperidine rings is 1. The van der Waals surface area contributed by atoms with E-state index in [-0.39, 0.29) is 11.2 Å². The van der Waals surface area contributed by atoms with Crippen LogP contribution in [-0.4, -0.2) is 40.2 Å². The van der Waals surface area contributed by atoms with E-state index in [0.29, 0.717) is 19.5 Å². The molecule has 1 aromatic carbocycles. The number of carboxylic acid groups (broad SMARTS) is 1. The van der Waals surface area contributed by atoms with E-state index in [2.05, 4.69) is 15.9 Å². The Morgan fingerprint density at radius 1 is 1.38 bits per heavy atom. The molecule has 4 nitrogen and oxygen atoms in total. The number of hydrogen-bond donors (Lipinski definition) is 1. The van der Waals surface area contributed by atoms with E-state index >= 15 is 0 Å². The molecule has 1 unspecified atom stereocenters. The predicted molar refractivity (Wildman–Crippen MR) is 86.4 cm³/mol. The maximum absolute atomic E-state index is 12.4. The number of carbonyl (C=O) groups excluding carboxylic acids is 1. The lowest BCUT2D eigenvalue weighted by Gasteiger charge is -2.32. The molecular weight excluding hydrogens is 354 g/mol. The van der Waals surface area contributed by atoms with Crippen LogP contribution in [0.2, 0.25) is 0 Å². The smallest absolute Gasteiger partial charge is 0.308 e. The molecule has 1 N–H and O–H groups in total. The molecule has 1 amide bonds. The first-order chi connectivity index (χ1) is 9.97. The van der Waals surface area contributed by atoms with Gasteiger partial charge in [0.25, 0.3) is 0 Å². The largest absolute Gasteiger partial charge is 0.481 e. The van der Waals surface area contributed by atoms with Crippen LogP contribution in [0.5, 0.6) is 0 Å². The summed E-state index contributed by atoms with van der Waals surface area (Å²) in [6, 6.07) is 7.82. The van der Waals surface area contributed by atoms with Crippen LogP contribution in [0.3, 0.4) is 0 Å². The molecule has 1 fully saturated rings. The summed E-state index contributed by atoms with van der Waals surface area (Å²) in [4.78, 5) is 26.2. The maximum atomic E-state index is 12.4. The first kappa shape index (κ1) is 16.4. The molecule has 1 aliphatic rings. The van der Waals surface area contributed by atoms with E-state index in [0.717, 1.165) is 15.8 Å². The highest BCUT2D eigenvalue weighted by Crippen LogP contribution is 2.27. The molecule has 0 saturated carbocycles. The summed E-state index contributed by atoms with van der Waals surface area (Å²) in [5, 5.41) is 8.88. The number of rotatable bonds is 4. The molecule has 2 atom stereocenters. The summed E-state index contributed by atoms with van der Waals surface area (Å²) in [5.41, 5.74) is 0. The minimum Gasteiger partial charge on any atom is -0.481 e. The Morgan fingerprint density at radius 2 is 2.05 bits per heavy atom. The van der Waals surface area contributed by atoms with Gasteiger partial charge in [-0.15, -0.1) is 11.8 Å². The van der Waals surface area contributed by atoms with Crippen LogP contribution in [0.4, 0.5) is 0 Å². The van der Waals surface area contributed by atoms with Gasteiger partial charge in [-0.1, -0.05) is 15.9 Å². The van der Waals surface area contributed by atoms with Crippen molar-refractivity contribution in [1.82, 2.24) is 4.90 Å². The molecule has 1 aliphatic heterocycles. The third-order valence-electron chi connectivity index (χ3n) is 3.56. The number of amides is 1. The standard InChI is InChI=1S/C15H18BrNO3S/c1-10(21-13-6-4-12(16)5-7-13)14(18)17-8-2-3-11(9-17)15(19)20/h4-7,10-11H,2-3,8-9H2,1H3,(H,19,20)/t10?,11-/m0/s1. The van der Waals surface area contributed by atoms with Crippen LogP contribution < -0.4 is 0 Å². The Balaban J connectivity index is 1.95. The van der Waals surface area contributed by atoms with E-state index in [1.165, 1.54) is 11.8 Å². The number of halogens is 1. The van der Waals surface area contributed by atoms with Crippen molar-refractivity contribution in [3.63, 3.8) is 0 Å². The van der Waals surface area contributed by atoms with Crippen LogP contribution in [0, 0.1) is 5.92 Å². The van der Waals surface area contributed by atoms with E-state index in [1.54, 1.807) is 4.90 Å². The second kappa shape index (κ2) is 7.31. The third-order valence-corrected chi connectivity index (χ3v) is 5.18. The fraction of sp³-hybridized carbons (Fsp3) is 0.467. The van der Waals surface area contributed by atoms with E-state index in [9.17, 15) is 9.59 Å². The Hall–Kier alpha value is -1.01. The van der Waals surface area contributed by atoms with Gasteiger partial charge in [-0.25, -0.2) is 0 Å². The zero-order chi connectivity index (χ0) is 15.4. The molecule has 0 aromatic heterocycles. The summed E-state index contributed by atoms with van der Waals surface area (Å²) in [6.45, 7) is 2.87. The van der Waals surface area contributed by atoms with E-state index in [4.69, 9.17) is 5.11 Å². The Morgan fingerprint density at radius 3 is 2.67 bits per heavy atom. The molecule has 0 spiro atoms. The molecule has 1 heterocycles.